The van der Waals surface area contributed by atoms with Gasteiger partial charge in [-0.15, -0.1) is 0 Å². The molecule has 0 aromatic heterocycles. The van der Waals surface area contributed by atoms with Crippen LogP contribution < -0.4 is 20.3 Å². The number of anilines is 1. The third-order valence-electron chi connectivity index (χ3n) is 5.06. The van der Waals surface area contributed by atoms with E-state index in [1.54, 1.807) is 13.1 Å². The lowest BCUT2D eigenvalue weighted by atomic mass is 10.1. The van der Waals surface area contributed by atoms with Gasteiger partial charge in [-0.2, -0.15) is 0 Å². The van der Waals surface area contributed by atoms with E-state index in [0.29, 0.717) is 17.9 Å². The van der Waals surface area contributed by atoms with Gasteiger partial charge in [0, 0.05) is 43.4 Å². The minimum Gasteiger partial charge on any atom is -0.496 e. The second-order valence-electron chi connectivity index (χ2n) is 7.01. The lowest BCUT2D eigenvalue weighted by molar-refractivity contribution is 0.0597. The summed E-state index contributed by atoms with van der Waals surface area (Å²) < 4.78 is 10.1. The van der Waals surface area contributed by atoms with Crippen molar-refractivity contribution < 1.29 is 14.3 Å². The van der Waals surface area contributed by atoms with Gasteiger partial charge in [-0.25, -0.2) is 4.79 Å². The third kappa shape index (κ3) is 5.36. The lowest BCUT2D eigenvalue weighted by Gasteiger charge is -2.20. The molecule has 1 unspecified atom stereocenters. The van der Waals surface area contributed by atoms with Crippen LogP contribution >= 0.6 is 11.6 Å². The van der Waals surface area contributed by atoms with Crippen molar-refractivity contribution in [1.82, 2.24) is 10.6 Å². The maximum atomic E-state index is 11.8. The summed E-state index contributed by atoms with van der Waals surface area (Å²) in [6, 6.07) is 13.6. The van der Waals surface area contributed by atoms with Gasteiger partial charge in [0.2, 0.25) is 0 Å². The van der Waals surface area contributed by atoms with Crippen molar-refractivity contribution >= 4 is 29.2 Å². The van der Waals surface area contributed by atoms with Gasteiger partial charge in [0.05, 0.1) is 14.2 Å². The summed E-state index contributed by atoms with van der Waals surface area (Å²) >= 11 is 6.12. The van der Waals surface area contributed by atoms with Crippen molar-refractivity contribution in [1.29, 1.82) is 0 Å². The summed E-state index contributed by atoms with van der Waals surface area (Å²) in [5, 5.41) is 7.54. The topological polar surface area (TPSA) is 75.2 Å². The van der Waals surface area contributed by atoms with Crippen molar-refractivity contribution in [3.05, 3.63) is 58.6 Å². The van der Waals surface area contributed by atoms with E-state index in [9.17, 15) is 4.79 Å². The summed E-state index contributed by atoms with van der Waals surface area (Å²) in [7, 11) is 4.63. The lowest BCUT2D eigenvalue weighted by Crippen LogP contribution is -2.44. The van der Waals surface area contributed by atoms with Crippen LogP contribution in [-0.2, 0) is 11.3 Å². The predicted octanol–water partition coefficient (Wildman–Crippen LogP) is 3.08. The highest BCUT2D eigenvalue weighted by molar-refractivity contribution is 6.30. The van der Waals surface area contributed by atoms with E-state index in [2.05, 4.69) is 26.6 Å². The van der Waals surface area contributed by atoms with Crippen LogP contribution in [0.25, 0.3) is 0 Å². The molecule has 7 nitrogen and oxygen atoms in total. The zero-order valence-corrected chi connectivity index (χ0v) is 18.2. The number of carbonyl (C=O) groups excluding carboxylic acids is 1. The highest BCUT2D eigenvalue weighted by atomic mass is 35.5. The Kier molecular flexibility index (Phi) is 7.41. The number of hydrogen-bond donors (Lipinski definition) is 2. The van der Waals surface area contributed by atoms with Gasteiger partial charge in [-0.3, -0.25) is 4.99 Å². The van der Waals surface area contributed by atoms with E-state index in [4.69, 9.17) is 21.1 Å². The highest BCUT2D eigenvalue weighted by Gasteiger charge is 2.23. The predicted molar refractivity (Wildman–Crippen MR) is 120 cm³/mol. The largest absolute Gasteiger partial charge is 0.496 e. The van der Waals surface area contributed by atoms with Gasteiger partial charge < -0.3 is 25.0 Å². The minimum atomic E-state index is -0.422. The number of carbonyl (C=O) groups is 1. The van der Waals surface area contributed by atoms with Crippen LogP contribution in [-0.4, -0.2) is 52.3 Å². The summed E-state index contributed by atoms with van der Waals surface area (Å²) in [5.74, 6) is 0.787. The van der Waals surface area contributed by atoms with Crippen molar-refractivity contribution in [2.45, 2.75) is 19.0 Å². The number of esters is 1. The second-order valence-corrected chi connectivity index (χ2v) is 7.44. The summed E-state index contributed by atoms with van der Waals surface area (Å²) in [6.45, 7) is 2.38. The number of halogens is 1. The van der Waals surface area contributed by atoms with Crippen LogP contribution in [0.4, 0.5) is 5.69 Å². The normalized spacial score (nSPS) is 16.3. The Morgan fingerprint density at radius 2 is 2.10 bits per heavy atom. The van der Waals surface area contributed by atoms with Crippen LogP contribution in [0.15, 0.2) is 47.5 Å². The fourth-order valence-corrected chi connectivity index (χ4v) is 3.67. The summed E-state index contributed by atoms with van der Waals surface area (Å²) in [6.07, 6.45) is 1.01. The third-order valence-corrected chi connectivity index (χ3v) is 5.29. The number of aliphatic imine (C=N–C) groups is 1. The van der Waals surface area contributed by atoms with Crippen LogP contribution in [0.1, 0.15) is 22.3 Å². The Bertz CT molecular complexity index is 919. The number of hydrogen-bond acceptors (Lipinski definition) is 5. The molecule has 2 aromatic rings. The molecular weight excluding hydrogens is 404 g/mol. The van der Waals surface area contributed by atoms with Gasteiger partial charge in [0.25, 0.3) is 0 Å². The monoisotopic (exact) mass is 430 g/mol. The molecule has 1 aliphatic rings. The molecule has 1 heterocycles. The fraction of sp³-hybridized carbons (Fsp3) is 0.364. The second kappa shape index (κ2) is 10.2. The van der Waals surface area contributed by atoms with Crippen LogP contribution in [0, 0.1) is 0 Å². The molecule has 3 rings (SSSR count). The number of guanidine groups is 1. The first-order valence-corrected chi connectivity index (χ1v) is 10.1. The molecule has 8 heteroatoms. The van der Waals surface area contributed by atoms with Crippen LogP contribution in [0.3, 0.4) is 0 Å². The summed E-state index contributed by atoms with van der Waals surface area (Å²) in [5.41, 5.74) is 2.50. The molecule has 0 aliphatic carbocycles. The van der Waals surface area contributed by atoms with Crippen LogP contribution in [0.2, 0.25) is 5.02 Å². The number of methoxy groups -OCH3 is 2. The average molecular weight is 431 g/mol. The number of nitrogens with zero attached hydrogens (tertiary/aromatic N) is 2. The first-order valence-electron chi connectivity index (χ1n) is 9.77. The van der Waals surface area contributed by atoms with Crippen molar-refractivity contribution in [3.8, 4) is 5.75 Å². The molecule has 30 heavy (non-hydrogen) atoms. The van der Waals surface area contributed by atoms with E-state index < -0.39 is 5.97 Å². The van der Waals surface area contributed by atoms with Gasteiger partial charge >= 0.3 is 5.97 Å². The molecule has 1 saturated heterocycles. The molecule has 1 fully saturated rings. The maximum absolute atomic E-state index is 11.8. The highest BCUT2D eigenvalue weighted by Crippen LogP contribution is 2.24. The maximum Gasteiger partial charge on any atom is 0.341 e. The van der Waals surface area contributed by atoms with Crippen molar-refractivity contribution in [3.63, 3.8) is 0 Å². The molecule has 0 bridgehead atoms. The van der Waals surface area contributed by atoms with Gasteiger partial charge in [-0.1, -0.05) is 23.7 Å². The Morgan fingerprint density at radius 1 is 1.27 bits per heavy atom. The minimum absolute atomic E-state index is 0.284. The Balaban J connectivity index is 1.56. The van der Waals surface area contributed by atoms with E-state index in [1.807, 2.05) is 30.3 Å². The van der Waals surface area contributed by atoms with E-state index >= 15 is 0 Å². The number of benzene rings is 2. The van der Waals surface area contributed by atoms with E-state index in [-0.39, 0.29) is 6.04 Å². The molecule has 0 amide bonds. The van der Waals surface area contributed by atoms with Gasteiger partial charge in [-0.05, 0) is 42.3 Å². The standard InChI is InChI=1S/C22H27ClN4O3/c1-24-22(25-13-15-7-8-19(21(28)30-3)20(11-15)29-2)26-17-9-10-27(14-17)18-6-4-5-16(23)12-18/h4-8,11-12,17H,9-10,13-14H2,1-3H3,(H2,24,25,26). The molecule has 1 aliphatic heterocycles. The number of ether oxygens (including phenoxy) is 2. The first-order chi connectivity index (χ1) is 14.5. The Morgan fingerprint density at radius 3 is 2.80 bits per heavy atom. The molecule has 1 atom stereocenters. The quantitative estimate of drug-likeness (QED) is 0.417. The zero-order chi connectivity index (χ0) is 21.5. The van der Waals surface area contributed by atoms with Crippen LogP contribution in [0.5, 0.6) is 5.75 Å². The van der Waals surface area contributed by atoms with Crippen molar-refractivity contribution in [2.75, 3.05) is 39.3 Å². The molecule has 160 valence electrons. The van der Waals surface area contributed by atoms with Crippen molar-refractivity contribution in [2.24, 2.45) is 4.99 Å². The number of rotatable bonds is 6. The fourth-order valence-electron chi connectivity index (χ4n) is 3.48. The van der Waals surface area contributed by atoms with E-state index in [1.165, 1.54) is 14.2 Å². The molecule has 2 aromatic carbocycles. The Labute approximate surface area is 182 Å². The molecular formula is C22H27ClN4O3. The zero-order valence-electron chi connectivity index (χ0n) is 17.4. The first kappa shape index (κ1) is 21.8. The smallest absolute Gasteiger partial charge is 0.341 e. The van der Waals surface area contributed by atoms with Gasteiger partial charge in [0.1, 0.15) is 11.3 Å². The molecule has 0 radical (unpaired) electrons. The number of nitrogens with one attached hydrogen (secondary N) is 2. The Hall–Kier alpha value is -2.93. The molecule has 2 N–H and O–H groups in total. The van der Waals surface area contributed by atoms with Gasteiger partial charge in [0.15, 0.2) is 5.96 Å². The van der Waals surface area contributed by atoms with E-state index in [0.717, 1.165) is 41.7 Å². The SMILES string of the molecule is CN=C(NCc1ccc(C(=O)OC)c(OC)c1)NC1CCN(c2cccc(Cl)c2)C1. The summed E-state index contributed by atoms with van der Waals surface area (Å²) in [4.78, 5) is 18.4. The molecule has 0 spiro atoms. The average Bonchev–Trinajstić information content (AvgIpc) is 3.24. The molecule has 0 saturated carbocycles.